The third-order valence-electron chi connectivity index (χ3n) is 3.58. The number of nitrogens with two attached hydrogens (primary N) is 1. The number of primary amides is 1. The molecule has 2 aromatic carbocycles. The molecule has 0 spiro atoms. The van der Waals surface area contributed by atoms with Crippen molar-refractivity contribution in [3.8, 4) is 46.6 Å². The Morgan fingerprint density at radius 2 is 1.79 bits per heavy atom. The Labute approximate surface area is 140 Å². The molecule has 2 N–H and O–H groups in total. The minimum Gasteiger partial charge on any atom is -0.464 e. The van der Waals surface area contributed by atoms with Gasteiger partial charge in [-0.15, -0.1) is 6.42 Å². The van der Waals surface area contributed by atoms with Gasteiger partial charge in [-0.2, -0.15) is 0 Å². The van der Waals surface area contributed by atoms with Crippen LogP contribution in [0.3, 0.4) is 0 Å². The standard InChI is InChI=1S/C21H13NO2/c1-2-3-10-17-18(11-7-12-19(17)21(22)23)20-16(13-14-24-20)15-8-5-4-6-9-15/h1,4-9,11-14H,(H2,22,23). The molecular formula is C21H13NO2. The molecule has 0 saturated carbocycles. The van der Waals surface area contributed by atoms with Gasteiger partial charge in [0.25, 0.3) is 0 Å². The SMILES string of the molecule is C#CC#Cc1c(C(N)=O)cccc1-c1occc1-c1ccccc1. The zero-order valence-electron chi connectivity index (χ0n) is 12.7. The Morgan fingerprint density at radius 1 is 1.00 bits per heavy atom. The van der Waals surface area contributed by atoms with E-state index in [0.717, 1.165) is 11.1 Å². The maximum absolute atomic E-state index is 11.7. The van der Waals surface area contributed by atoms with Crippen LogP contribution in [-0.4, -0.2) is 5.91 Å². The lowest BCUT2D eigenvalue weighted by atomic mass is 9.95. The summed E-state index contributed by atoms with van der Waals surface area (Å²) in [6.07, 6.45) is 6.83. The fourth-order valence-corrected chi connectivity index (χ4v) is 2.54. The van der Waals surface area contributed by atoms with Crippen LogP contribution in [0.25, 0.3) is 22.5 Å². The molecule has 3 nitrogen and oxygen atoms in total. The average Bonchev–Trinajstić information content (AvgIpc) is 3.09. The molecule has 0 aliphatic heterocycles. The van der Waals surface area contributed by atoms with E-state index in [-0.39, 0.29) is 0 Å². The predicted molar refractivity (Wildman–Crippen MR) is 93.8 cm³/mol. The van der Waals surface area contributed by atoms with E-state index in [2.05, 4.69) is 17.8 Å². The minimum absolute atomic E-state index is 0.311. The fourth-order valence-electron chi connectivity index (χ4n) is 2.54. The van der Waals surface area contributed by atoms with Gasteiger partial charge in [0.1, 0.15) is 5.76 Å². The van der Waals surface area contributed by atoms with Crippen LogP contribution in [0, 0.1) is 24.2 Å². The van der Waals surface area contributed by atoms with Crippen molar-refractivity contribution >= 4 is 5.91 Å². The fraction of sp³-hybridized carbons (Fsp3) is 0. The average molecular weight is 311 g/mol. The molecule has 0 unspecified atom stereocenters. The van der Waals surface area contributed by atoms with Crippen molar-refractivity contribution in [1.82, 2.24) is 0 Å². The second kappa shape index (κ2) is 6.60. The van der Waals surface area contributed by atoms with E-state index in [1.807, 2.05) is 42.5 Å². The molecule has 0 radical (unpaired) electrons. The molecule has 0 aliphatic rings. The third-order valence-corrected chi connectivity index (χ3v) is 3.58. The topological polar surface area (TPSA) is 56.2 Å². The van der Waals surface area contributed by atoms with Gasteiger partial charge in [-0.1, -0.05) is 42.3 Å². The summed E-state index contributed by atoms with van der Waals surface area (Å²) in [7, 11) is 0. The first kappa shape index (κ1) is 15.2. The highest BCUT2D eigenvalue weighted by Crippen LogP contribution is 2.35. The Balaban J connectivity index is 2.26. The number of amides is 1. The Hall–Kier alpha value is -3.69. The lowest BCUT2D eigenvalue weighted by molar-refractivity contribution is 0.1000. The highest BCUT2D eigenvalue weighted by molar-refractivity contribution is 5.98. The molecule has 0 fully saturated rings. The summed E-state index contributed by atoms with van der Waals surface area (Å²) in [5, 5.41) is 0. The summed E-state index contributed by atoms with van der Waals surface area (Å²) < 4.78 is 5.69. The van der Waals surface area contributed by atoms with Gasteiger partial charge in [-0.05, 0) is 35.6 Å². The molecule has 3 heteroatoms. The number of hydrogen-bond acceptors (Lipinski definition) is 2. The van der Waals surface area contributed by atoms with Gasteiger partial charge in [0.2, 0.25) is 5.91 Å². The molecule has 3 aromatic rings. The van der Waals surface area contributed by atoms with E-state index in [9.17, 15) is 4.79 Å². The molecule has 1 heterocycles. The van der Waals surface area contributed by atoms with E-state index < -0.39 is 5.91 Å². The first-order chi connectivity index (χ1) is 11.7. The Kier molecular flexibility index (Phi) is 4.19. The van der Waals surface area contributed by atoms with Crippen LogP contribution in [0.2, 0.25) is 0 Å². The lowest BCUT2D eigenvalue weighted by Crippen LogP contribution is -2.13. The summed E-state index contributed by atoms with van der Waals surface area (Å²) in [5.41, 5.74) is 8.83. The van der Waals surface area contributed by atoms with Gasteiger partial charge in [0, 0.05) is 16.7 Å². The molecule has 1 amide bonds. The molecule has 0 aliphatic carbocycles. The number of rotatable bonds is 3. The minimum atomic E-state index is -0.564. The molecule has 114 valence electrons. The number of terminal acetylenes is 1. The van der Waals surface area contributed by atoms with Crippen LogP contribution < -0.4 is 5.73 Å². The van der Waals surface area contributed by atoms with Gasteiger partial charge in [0.15, 0.2) is 0 Å². The number of carbonyl (C=O) groups is 1. The van der Waals surface area contributed by atoms with E-state index in [1.54, 1.807) is 18.4 Å². The predicted octanol–water partition coefficient (Wildman–Crippen LogP) is 3.70. The maximum Gasteiger partial charge on any atom is 0.249 e. The van der Waals surface area contributed by atoms with E-state index in [4.69, 9.17) is 16.6 Å². The van der Waals surface area contributed by atoms with E-state index in [0.29, 0.717) is 22.5 Å². The first-order valence-electron chi connectivity index (χ1n) is 7.25. The van der Waals surface area contributed by atoms with Gasteiger partial charge in [-0.25, -0.2) is 0 Å². The van der Waals surface area contributed by atoms with Gasteiger partial charge in [0.05, 0.1) is 11.8 Å². The van der Waals surface area contributed by atoms with Crippen LogP contribution in [0.15, 0.2) is 65.3 Å². The van der Waals surface area contributed by atoms with Crippen LogP contribution >= 0.6 is 0 Å². The van der Waals surface area contributed by atoms with Gasteiger partial charge < -0.3 is 10.2 Å². The second-order valence-corrected chi connectivity index (χ2v) is 5.02. The van der Waals surface area contributed by atoms with Crippen molar-refractivity contribution in [2.24, 2.45) is 5.73 Å². The summed E-state index contributed by atoms with van der Waals surface area (Å²) in [6, 6.07) is 16.9. The van der Waals surface area contributed by atoms with Crippen molar-refractivity contribution in [2.75, 3.05) is 0 Å². The summed E-state index contributed by atoms with van der Waals surface area (Å²) >= 11 is 0. The number of benzene rings is 2. The quantitative estimate of drug-likeness (QED) is 0.750. The van der Waals surface area contributed by atoms with Crippen molar-refractivity contribution in [1.29, 1.82) is 0 Å². The summed E-state index contributed by atoms with van der Waals surface area (Å²) in [6.45, 7) is 0. The normalized spacial score (nSPS) is 9.62. The zero-order chi connectivity index (χ0) is 16.9. The van der Waals surface area contributed by atoms with Crippen molar-refractivity contribution in [3.05, 3.63) is 72.0 Å². The Bertz CT molecular complexity index is 996. The molecule has 0 bridgehead atoms. The van der Waals surface area contributed by atoms with Gasteiger partial charge >= 0.3 is 0 Å². The van der Waals surface area contributed by atoms with E-state index >= 15 is 0 Å². The highest BCUT2D eigenvalue weighted by Gasteiger charge is 2.18. The largest absolute Gasteiger partial charge is 0.464 e. The number of hydrogen-bond donors (Lipinski definition) is 1. The first-order valence-corrected chi connectivity index (χ1v) is 7.25. The van der Waals surface area contributed by atoms with Crippen LogP contribution in [0.4, 0.5) is 0 Å². The van der Waals surface area contributed by atoms with Gasteiger partial charge in [-0.3, -0.25) is 4.79 Å². The summed E-state index contributed by atoms with van der Waals surface area (Å²) in [5.74, 6) is 7.69. The molecule has 1 aromatic heterocycles. The zero-order valence-corrected chi connectivity index (χ0v) is 12.7. The van der Waals surface area contributed by atoms with E-state index in [1.165, 1.54) is 0 Å². The van der Waals surface area contributed by atoms with Crippen LogP contribution in [0.5, 0.6) is 0 Å². The smallest absolute Gasteiger partial charge is 0.249 e. The number of carbonyl (C=O) groups excluding carboxylic acids is 1. The molecule has 0 atom stereocenters. The third kappa shape index (κ3) is 2.79. The van der Waals surface area contributed by atoms with Crippen molar-refractivity contribution in [2.45, 2.75) is 0 Å². The maximum atomic E-state index is 11.7. The molecule has 24 heavy (non-hydrogen) atoms. The van der Waals surface area contributed by atoms with Crippen molar-refractivity contribution in [3.63, 3.8) is 0 Å². The molecule has 0 saturated heterocycles. The Morgan fingerprint density at radius 3 is 2.50 bits per heavy atom. The number of furan rings is 1. The summed E-state index contributed by atoms with van der Waals surface area (Å²) in [4.78, 5) is 11.7. The lowest BCUT2D eigenvalue weighted by Gasteiger charge is -2.08. The second-order valence-electron chi connectivity index (χ2n) is 5.02. The van der Waals surface area contributed by atoms with Crippen molar-refractivity contribution < 1.29 is 9.21 Å². The van der Waals surface area contributed by atoms with Crippen LogP contribution in [-0.2, 0) is 0 Å². The molecule has 3 rings (SSSR count). The van der Waals surface area contributed by atoms with Crippen LogP contribution in [0.1, 0.15) is 15.9 Å². The monoisotopic (exact) mass is 311 g/mol. The molecular weight excluding hydrogens is 298 g/mol. The highest BCUT2D eigenvalue weighted by atomic mass is 16.3.